The lowest BCUT2D eigenvalue weighted by molar-refractivity contribution is 0.461. The molecule has 0 radical (unpaired) electrons. The Balaban J connectivity index is 2.60. The maximum atomic E-state index is 6.12. The Morgan fingerprint density at radius 1 is 1.29 bits per heavy atom. The molecule has 1 aromatic carbocycles. The van der Waals surface area contributed by atoms with Crippen LogP contribution in [0.3, 0.4) is 0 Å². The summed E-state index contributed by atoms with van der Waals surface area (Å²) in [5.74, 6) is 0.712. The van der Waals surface area contributed by atoms with Crippen molar-refractivity contribution in [2.75, 3.05) is 0 Å². The van der Waals surface area contributed by atoms with Gasteiger partial charge in [-0.05, 0) is 52.6 Å². The van der Waals surface area contributed by atoms with Gasteiger partial charge in [0.15, 0.2) is 0 Å². The van der Waals surface area contributed by atoms with Crippen LogP contribution in [0.2, 0.25) is 0 Å². The van der Waals surface area contributed by atoms with Crippen LogP contribution in [0.1, 0.15) is 38.3 Å². The monoisotopic (exact) mass is 303 g/mol. The lowest BCUT2D eigenvalue weighted by atomic mass is 9.95. The molecular formula is C12H18IN. The van der Waals surface area contributed by atoms with Crippen LogP contribution < -0.4 is 5.73 Å². The second kappa shape index (κ2) is 5.71. The van der Waals surface area contributed by atoms with E-state index in [2.05, 4.69) is 60.7 Å². The van der Waals surface area contributed by atoms with Crippen molar-refractivity contribution in [2.24, 2.45) is 11.7 Å². The highest BCUT2D eigenvalue weighted by Gasteiger charge is 2.09. The van der Waals surface area contributed by atoms with Crippen LogP contribution in [-0.2, 0) is 0 Å². The van der Waals surface area contributed by atoms with Gasteiger partial charge in [-0.1, -0.05) is 32.4 Å². The molecule has 2 heteroatoms. The average Bonchev–Trinajstić information content (AvgIpc) is 2.18. The van der Waals surface area contributed by atoms with Crippen molar-refractivity contribution >= 4 is 22.6 Å². The Kier molecular flexibility index (Phi) is 4.89. The van der Waals surface area contributed by atoms with Gasteiger partial charge < -0.3 is 5.73 Å². The van der Waals surface area contributed by atoms with Crippen molar-refractivity contribution in [3.05, 3.63) is 33.4 Å². The van der Waals surface area contributed by atoms with Crippen LogP contribution in [0.15, 0.2) is 24.3 Å². The smallest absolute Gasteiger partial charge is 0.0297 e. The summed E-state index contributed by atoms with van der Waals surface area (Å²) in [6, 6.07) is 8.70. The van der Waals surface area contributed by atoms with E-state index in [1.54, 1.807) is 0 Å². The van der Waals surface area contributed by atoms with Crippen molar-refractivity contribution in [1.29, 1.82) is 0 Å². The molecule has 0 aromatic heterocycles. The van der Waals surface area contributed by atoms with E-state index in [1.165, 1.54) is 15.6 Å². The molecule has 0 heterocycles. The van der Waals surface area contributed by atoms with Gasteiger partial charge in [0.2, 0.25) is 0 Å². The van der Waals surface area contributed by atoms with Gasteiger partial charge in [0, 0.05) is 9.61 Å². The molecule has 0 aliphatic heterocycles. The molecule has 2 atom stereocenters. The number of halogens is 1. The molecule has 78 valence electrons. The topological polar surface area (TPSA) is 26.0 Å². The third-order valence-electron chi connectivity index (χ3n) is 2.65. The molecule has 1 rings (SSSR count). The van der Waals surface area contributed by atoms with Gasteiger partial charge in [0.25, 0.3) is 0 Å². The fourth-order valence-electron chi connectivity index (χ4n) is 1.45. The maximum absolute atomic E-state index is 6.12. The molecule has 0 spiro atoms. The molecule has 0 aliphatic carbocycles. The van der Waals surface area contributed by atoms with Gasteiger partial charge in [-0.2, -0.15) is 0 Å². The minimum absolute atomic E-state index is 0.196. The Labute approximate surface area is 100 Å². The Bertz CT molecular complexity index is 268. The van der Waals surface area contributed by atoms with Crippen LogP contribution in [0.5, 0.6) is 0 Å². The molecule has 2 unspecified atom stereocenters. The Morgan fingerprint density at radius 3 is 2.36 bits per heavy atom. The van der Waals surface area contributed by atoms with Crippen LogP contribution in [-0.4, -0.2) is 0 Å². The number of hydrogen-bond acceptors (Lipinski definition) is 1. The third-order valence-corrected chi connectivity index (χ3v) is 3.37. The van der Waals surface area contributed by atoms with Gasteiger partial charge in [-0.15, -0.1) is 0 Å². The number of rotatable bonds is 4. The quantitative estimate of drug-likeness (QED) is 0.843. The first-order valence-electron chi connectivity index (χ1n) is 5.14. The van der Waals surface area contributed by atoms with Gasteiger partial charge in [-0.3, -0.25) is 0 Å². The predicted octanol–water partition coefficient (Wildman–Crippen LogP) is 3.73. The van der Waals surface area contributed by atoms with Gasteiger partial charge in [0.1, 0.15) is 0 Å². The molecule has 1 nitrogen and oxygen atoms in total. The molecule has 2 N–H and O–H groups in total. The van der Waals surface area contributed by atoms with E-state index in [0.717, 1.165) is 6.42 Å². The van der Waals surface area contributed by atoms with E-state index < -0.39 is 0 Å². The van der Waals surface area contributed by atoms with Crippen molar-refractivity contribution in [3.63, 3.8) is 0 Å². The molecule has 1 aromatic rings. The fraction of sp³-hybridized carbons (Fsp3) is 0.500. The average molecular weight is 303 g/mol. The van der Waals surface area contributed by atoms with E-state index in [4.69, 9.17) is 5.73 Å². The normalized spacial score (nSPS) is 15.1. The summed E-state index contributed by atoms with van der Waals surface area (Å²) in [4.78, 5) is 0. The zero-order chi connectivity index (χ0) is 10.6. The summed E-state index contributed by atoms with van der Waals surface area (Å²) >= 11 is 2.31. The first-order chi connectivity index (χ1) is 6.63. The zero-order valence-corrected chi connectivity index (χ0v) is 11.0. The van der Waals surface area contributed by atoms with Crippen LogP contribution in [0, 0.1) is 9.49 Å². The lowest BCUT2D eigenvalue weighted by Crippen LogP contribution is -2.13. The first-order valence-corrected chi connectivity index (χ1v) is 6.22. The molecule has 0 aliphatic rings. The fourth-order valence-corrected chi connectivity index (χ4v) is 1.81. The largest absolute Gasteiger partial charge is 0.324 e. The zero-order valence-electron chi connectivity index (χ0n) is 8.83. The number of nitrogens with two attached hydrogens (primary N) is 1. The molecule has 0 fully saturated rings. The van der Waals surface area contributed by atoms with E-state index in [0.29, 0.717) is 5.92 Å². The van der Waals surface area contributed by atoms with Gasteiger partial charge in [0.05, 0.1) is 0 Å². The third kappa shape index (κ3) is 3.58. The van der Waals surface area contributed by atoms with E-state index in [1.807, 2.05) is 0 Å². The molecule has 0 bridgehead atoms. The van der Waals surface area contributed by atoms with Crippen molar-refractivity contribution in [1.82, 2.24) is 0 Å². The van der Waals surface area contributed by atoms with Crippen LogP contribution in [0.4, 0.5) is 0 Å². The minimum Gasteiger partial charge on any atom is -0.324 e. The van der Waals surface area contributed by atoms with Crippen LogP contribution >= 0.6 is 22.6 Å². The van der Waals surface area contributed by atoms with Crippen molar-refractivity contribution in [3.8, 4) is 0 Å². The Morgan fingerprint density at radius 2 is 1.86 bits per heavy atom. The number of hydrogen-bond donors (Lipinski definition) is 1. The molecule has 0 saturated carbocycles. The second-order valence-electron chi connectivity index (χ2n) is 3.91. The van der Waals surface area contributed by atoms with Gasteiger partial charge >= 0.3 is 0 Å². The van der Waals surface area contributed by atoms with E-state index in [9.17, 15) is 0 Å². The molecule has 14 heavy (non-hydrogen) atoms. The Hall–Kier alpha value is -0.0900. The summed E-state index contributed by atoms with van der Waals surface area (Å²) in [6.07, 6.45) is 2.29. The lowest BCUT2D eigenvalue weighted by Gasteiger charge is -2.16. The minimum atomic E-state index is 0.196. The SMILES string of the molecule is CCC(C)CC(N)c1ccc(I)cc1. The molecular weight excluding hydrogens is 285 g/mol. The highest BCUT2D eigenvalue weighted by Crippen LogP contribution is 2.21. The van der Waals surface area contributed by atoms with E-state index in [-0.39, 0.29) is 6.04 Å². The van der Waals surface area contributed by atoms with Crippen LogP contribution in [0.25, 0.3) is 0 Å². The van der Waals surface area contributed by atoms with Crippen molar-refractivity contribution in [2.45, 2.75) is 32.7 Å². The summed E-state index contributed by atoms with van der Waals surface area (Å²) < 4.78 is 1.27. The summed E-state index contributed by atoms with van der Waals surface area (Å²) in [5, 5.41) is 0. The number of benzene rings is 1. The summed E-state index contributed by atoms with van der Waals surface area (Å²) in [7, 11) is 0. The molecule has 0 amide bonds. The molecule has 0 saturated heterocycles. The second-order valence-corrected chi connectivity index (χ2v) is 5.15. The summed E-state index contributed by atoms with van der Waals surface area (Å²) in [6.45, 7) is 4.47. The maximum Gasteiger partial charge on any atom is 0.0297 e. The summed E-state index contributed by atoms with van der Waals surface area (Å²) in [5.41, 5.74) is 7.37. The van der Waals surface area contributed by atoms with E-state index >= 15 is 0 Å². The first kappa shape index (κ1) is 12.0. The van der Waals surface area contributed by atoms with Crippen molar-refractivity contribution < 1.29 is 0 Å². The predicted molar refractivity (Wildman–Crippen MR) is 70.2 cm³/mol. The highest BCUT2D eigenvalue weighted by atomic mass is 127. The highest BCUT2D eigenvalue weighted by molar-refractivity contribution is 14.1. The standard InChI is InChI=1S/C12H18IN/c1-3-9(2)8-12(14)10-4-6-11(13)7-5-10/h4-7,9,12H,3,8,14H2,1-2H3. The van der Waals surface area contributed by atoms with Gasteiger partial charge in [-0.25, -0.2) is 0 Å².